The van der Waals surface area contributed by atoms with Crippen LogP contribution in [0.1, 0.15) is 31.2 Å². The quantitative estimate of drug-likeness (QED) is 0.787. The first-order chi connectivity index (χ1) is 7.75. The first-order valence-corrected chi connectivity index (χ1v) is 6.72. The normalized spacial score (nSPS) is 15.4. The van der Waals surface area contributed by atoms with Crippen LogP contribution in [0.5, 0.6) is 0 Å². The van der Waals surface area contributed by atoms with Gasteiger partial charge in [0.2, 0.25) is 0 Å². The zero-order valence-corrected chi connectivity index (χ0v) is 10.9. The molecular formula is C13H17BrFN. The lowest BCUT2D eigenvalue weighted by Gasteiger charge is -2.05. The highest BCUT2D eigenvalue weighted by molar-refractivity contribution is 9.10. The number of hydrogen-bond donors (Lipinski definition) is 1. The summed E-state index contributed by atoms with van der Waals surface area (Å²) in [5, 5.41) is 3.48. The minimum Gasteiger partial charge on any atom is -0.314 e. The molecule has 1 fully saturated rings. The first kappa shape index (κ1) is 12.1. The fraction of sp³-hybridized carbons (Fsp3) is 0.538. The fourth-order valence-corrected chi connectivity index (χ4v) is 2.21. The molecule has 1 aromatic carbocycles. The molecule has 0 amide bonds. The van der Waals surface area contributed by atoms with Crippen molar-refractivity contribution in [1.29, 1.82) is 0 Å². The number of nitrogens with one attached hydrogen (secondary N) is 1. The van der Waals surface area contributed by atoms with Crippen molar-refractivity contribution in [2.75, 3.05) is 6.54 Å². The molecule has 0 saturated heterocycles. The average Bonchev–Trinajstić information content (AvgIpc) is 3.06. The van der Waals surface area contributed by atoms with Crippen molar-refractivity contribution in [3.05, 3.63) is 34.1 Å². The van der Waals surface area contributed by atoms with Crippen molar-refractivity contribution in [2.45, 2.75) is 38.1 Å². The lowest BCUT2D eigenvalue weighted by Crippen LogP contribution is -2.17. The molecule has 0 unspecified atom stereocenters. The van der Waals surface area contributed by atoms with Crippen LogP contribution < -0.4 is 5.32 Å². The third kappa shape index (κ3) is 3.87. The second-order valence-electron chi connectivity index (χ2n) is 4.42. The van der Waals surface area contributed by atoms with E-state index in [0.717, 1.165) is 35.5 Å². The van der Waals surface area contributed by atoms with Crippen molar-refractivity contribution >= 4 is 15.9 Å². The Kier molecular flexibility index (Phi) is 4.36. The number of hydrogen-bond acceptors (Lipinski definition) is 1. The SMILES string of the molecule is Fc1ccc(Br)c(CCCCNC2CC2)c1. The fourth-order valence-electron chi connectivity index (χ4n) is 1.77. The van der Waals surface area contributed by atoms with Crippen molar-refractivity contribution < 1.29 is 4.39 Å². The number of aryl methyl sites for hydroxylation is 1. The number of unbranched alkanes of at least 4 members (excludes halogenated alkanes) is 1. The molecule has 0 radical (unpaired) electrons. The second kappa shape index (κ2) is 5.78. The molecule has 1 nitrogen and oxygen atoms in total. The topological polar surface area (TPSA) is 12.0 Å². The highest BCUT2D eigenvalue weighted by Crippen LogP contribution is 2.20. The van der Waals surface area contributed by atoms with Gasteiger partial charge in [0.25, 0.3) is 0 Å². The van der Waals surface area contributed by atoms with E-state index in [1.807, 2.05) is 0 Å². The first-order valence-electron chi connectivity index (χ1n) is 5.93. The van der Waals surface area contributed by atoms with Crippen LogP contribution >= 0.6 is 15.9 Å². The molecule has 0 atom stereocenters. The van der Waals surface area contributed by atoms with Crippen molar-refractivity contribution in [2.24, 2.45) is 0 Å². The third-order valence-corrected chi connectivity index (χ3v) is 3.66. The van der Waals surface area contributed by atoms with Crippen LogP contribution in [0.4, 0.5) is 4.39 Å². The van der Waals surface area contributed by atoms with E-state index in [0.29, 0.717) is 0 Å². The Hall–Kier alpha value is -0.410. The lowest BCUT2D eigenvalue weighted by atomic mass is 10.1. The highest BCUT2D eigenvalue weighted by atomic mass is 79.9. The smallest absolute Gasteiger partial charge is 0.123 e. The second-order valence-corrected chi connectivity index (χ2v) is 5.28. The van der Waals surface area contributed by atoms with E-state index in [9.17, 15) is 4.39 Å². The molecule has 1 aliphatic carbocycles. The molecule has 0 heterocycles. The van der Waals surface area contributed by atoms with Gasteiger partial charge >= 0.3 is 0 Å². The third-order valence-electron chi connectivity index (χ3n) is 2.89. The van der Waals surface area contributed by atoms with Crippen LogP contribution in [0.15, 0.2) is 22.7 Å². The zero-order valence-electron chi connectivity index (χ0n) is 9.31. The largest absolute Gasteiger partial charge is 0.314 e. The number of benzene rings is 1. The molecule has 0 bridgehead atoms. The zero-order chi connectivity index (χ0) is 11.4. The standard InChI is InChI=1S/C13H17BrFN/c14-13-7-4-11(15)9-10(13)3-1-2-8-16-12-5-6-12/h4,7,9,12,16H,1-3,5-6,8H2. The van der Waals surface area contributed by atoms with Crippen molar-refractivity contribution in [1.82, 2.24) is 5.32 Å². The Morgan fingerprint density at radius 3 is 2.88 bits per heavy atom. The van der Waals surface area contributed by atoms with E-state index in [4.69, 9.17) is 0 Å². The maximum Gasteiger partial charge on any atom is 0.123 e. The van der Waals surface area contributed by atoms with Crippen LogP contribution in [0.25, 0.3) is 0 Å². The van der Waals surface area contributed by atoms with Gasteiger partial charge in [-0.15, -0.1) is 0 Å². The Bertz CT molecular complexity index is 350. The molecule has 1 N–H and O–H groups in total. The van der Waals surface area contributed by atoms with Gasteiger partial charge in [-0.2, -0.15) is 0 Å². The van der Waals surface area contributed by atoms with Crippen molar-refractivity contribution in [3.8, 4) is 0 Å². The van der Waals surface area contributed by atoms with Crippen LogP contribution in [0.2, 0.25) is 0 Å². The van der Waals surface area contributed by atoms with E-state index >= 15 is 0 Å². The van der Waals surface area contributed by atoms with E-state index < -0.39 is 0 Å². The molecule has 0 aliphatic heterocycles. The average molecular weight is 286 g/mol. The summed E-state index contributed by atoms with van der Waals surface area (Å²) in [4.78, 5) is 0. The van der Waals surface area contributed by atoms with E-state index in [1.54, 1.807) is 12.1 Å². The van der Waals surface area contributed by atoms with Gasteiger partial charge in [0.1, 0.15) is 5.82 Å². The number of halogens is 2. The molecule has 1 aromatic rings. The maximum absolute atomic E-state index is 13.0. The van der Waals surface area contributed by atoms with Gasteiger partial charge in [0.05, 0.1) is 0 Å². The summed E-state index contributed by atoms with van der Waals surface area (Å²) in [6, 6.07) is 5.69. The predicted molar refractivity (Wildman–Crippen MR) is 68.1 cm³/mol. The molecule has 1 saturated carbocycles. The molecule has 1 aliphatic rings. The molecule has 16 heavy (non-hydrogen) atoms. The van der Waals surface area contributed by atoms with Gasteiger partial charge < -0.3 is 5.32 Å². The Morgan fingerprint density at radius 1 is 1.31 bits per heavy atom. The van der Waals surface area contributed by atoms with Gasteiger partial charge in [0, 0.05) is 10.5 Å². The maximum atomic E-state index is 13.0. The van der Waals surface area contributed by atoms with E-state index in [2.05, 4.69) is 21.2 Å². The van der Waals surface area contributed by atoms with Crippen LogP contribution in [0.3, 0.4) is 0 Å². The van der Waals surface area contributed by atoms with Crippen LogP contribution in [-0.2, 0) is 6.42 Å². The van der Waals surface area contributed by atoms with Crippen LogP contribution in [-0.4, -0.2) is 12.6 Å². The lowest BCUT2D eigenvalue weighted by molar-refractivity contribution is 0.610. The molecular weight excluding hydrogens is 269 g/mol. The summed E-state index contributed by atoms with van der Waals surface area (Å²) in [5.41, 5.74) is 1.08. The Labute approximate surface area is 105 Å². The minimum atomic E-state index is -0.144. The summed E-state index contributed by atoms with van der Waals surface area (Å²) in [5.74, 6) is -0.144. The Morgan fingerprint density at radius 2 is 2.12 bits per heavy atom. The Balaban J connectivity index is 1.69. The molecule has 0 aromatic heterocycles. The number of rotatable bonds is 6. The summed E-state index contributed by atoms with van der Waals surface area (Å²) in [6.07, 6.45) is 5.91. The predicted octanol–water partition coefficient (Wildman–Crippen LogP) is 3.66. The van der Waals surface area contributed by atoms with Gasteiger partial charge in [-0.25, -0.2) is 4.39 Å². The molecule has 88 valence electrons. The summed E-state index contributed by atoms with van der Waals surface area (Å²) in [6.45, 7) is 1.09. The summed E-state index contributed by atoms with van der Waals surface area (Å²) >= 11 is 3.45. The minimum absolute atomic E-state index is 0.144. The summed E-state index contributed by atoms with van der Waals surface area (Å²) in [7, 11) is 0. The molecule has 3 heteroatoms. The van der Waals surface area contributed by atoms with E-state index in [1.165, 1.54) is 25.3 Å². The van der Waals surface area contributed by atoms with Gasteiger partial charge in [-0.1, -0.05) is 15.9 Å². The summed E-state index contributed by atoms with van der Waals surface area (Å²) < 4.78 is 14.0. The monoisotopic (exact) mass is 285 g/mol. The van der Waals surface area contributed by atoms with Crippen LogP contribution in [0, 0.1) is 5.82 Å². The molecule has 2 rings (SSSR count). The highest BCUT2D eigenvalue weighted by Gasteiger charge is 2.19. The van der Waals surface area contributed by atoms with Gasteiger partial charge in [-0.05, 0) is 62.4 Å². The van der Waals surface area contributed by atoms with Crippen molar-refractivity contribution in [3.63, 3.8) is 0 Å². The molecule has 0 spiro atoms. The van der Waals surface area contributed by atoms with Gasteiger partial charge in [0.15, 0.2) is 0 Å². The van der Waals surface area contributed by atoms with Gasteiger partial charge in [-0.3, -0.25) is 0 Å². The van der Waals surface area contributed by atoms with E-state index in [-0.39, 0.29) is 5.82 Å².